The van der Waals surface area contributed by atoms with Crippen molar-refractivity contribution in [1.29, 1.82) is 0 Å². The number of ether oxygens (including phenoxy) is 1. The van der Waals surface area contributed by atoms with Crippen LogP contribution in [0.3, 0.4) is 0 Å². The molecule has 2 aromatic heterocycles. The monoisotopic (exact) mass is 514 g/mol. The zero-order valence-electron chi connectivity index (χ0n) is 20.5. The molecule has 35 heavy (non-hydrogen) atoms. The van der Waals surface area contributed by atoms with Crippen LogP contribution in [0.25, 0.3) is 0 Å². The van der Waals surface area contributed by atoms with Crippen molar-refractivity contribution in [3.63, 3.8) is 0 Å². The quantitative estimate of drug-likeness (QED) is 0.256. The number of anilines is 1. The number of aryl methyl sites for hydroxylation is 1. The molecule has 4 saturated carbocycles. The van der Waals surface area contributed by atoms with Crippen LogP contribution in [0.1, 0.15) is 66.5 Å². The second-order valence-corrected chi connectivity index (χ2v) is 12.7. The van der Waals surface area contributed by atoms with Crippen molar-refractivity contribution in [3.05, 3.63) is 35.0 Å². The van der Waals surface area contributed by atoms with Gasteiger partial charge in [-0.15, -0.1) is 28.1 Å². The zero-order valence-corrected chi connectivity index (χ0v) is 22.2. The van der Waals surface area contributed by atoms with Crippen LogP contribution in [0.2, 0.25) is 0 Å². The largest absolute Gasteiger partial charge is 0.462 e. The summed E-state index contributed by atoms with van der Waals surface area (Å²) in [5.41, 5.74) is 0.779. The fourth-order valence-electron chi connectivity index (χ4n) is 6.97. The summed E-state index contributed by atoms with van der Waals surface area (Å²) in [6.07, 6.45) is 11.1. The summed E-state index contributed by atoms with van der Waals surface area (Å²) in [6.45, 7) is 8.53. The lowest BCUT2D eigenvalue weighted by molar-refractivity contribution is -0.113. The molecular formula is C26H34N4O3S2. The lowest BCUT2D eigenvalue weighted by Gasteiger charge is -2.56. The second-order valence-electron chi connectivity index (χ2n) is 10.5. The van der Waals surface area contributed by atoms with Crippen LogP contribution >= 0.6 is 23.1 Å². The normalized spacial score (nSPS) is 26.6. The van der Waals surface area contributed by atoms with Gasteiger partial charge in [0.05, 0.1) is 17.9 Å². The molecule has 2 heterocycles. The average molecular weight is 515 g/mol. The Hall–Kier alpha value is -2.13. The number of hydrogen-bond acceptors (Lipinski definition) is 7. The Morgan fingerprint density at radius 3 is 2.57 bits per heavy atom. The van der Waals surface area contributed by atoms with Gasteiger partial charge in [0.25, 0.3) is 0 Å². The zero-order chi connectivity index (χ0) is 24.6. The van der Waals surface area contributed by atoms with Crippen LogP contribution in [-0.4, -0.2) is 39.0 Å². The van der Waals surface area contributed by atoms with E-state index in [1.54, 1.807) is 13.0 Å². The molecule has 4 fully saturated rings. The minimum absolute atomic E-state index is 0.182. The molecule has 0 aliphatic heterocycles. The molecule has 0 unspecified atom stereocenters. The molecule has 0 spiro atoms. The first-order chi connectivity index (χ1) is 16.9. The van der Waals surface area contributed by atoms with Gasteiger partial charge in [-0.1, -0.05) is 17.8 Å². The van der Waals surface area contributed by atoms with Crippen molar-refractivity contribution < 1.29 is 14.3 Å². The third kappa shape index (κ3) is 5.21. The van der Waals surface area contributed by atoms with Crippen molar-refractivity contribution in [2.45, 2.75) is 70.5 Å². The van der Waals surface area contributed by atoms with Gasteiger partial charge in [-0.05, 0) is 81.6 Å². The van der Waals surface area contributed by atoms with Crippen LogP contribution in [0.4, 0.5) is 5.00 Å². The molecule has 1 amide bonds. The number of nitrogens with zero attached hydrogens (tertiary/aromatic N) is 3. The summed E-state index contributed by atoms with van der Waals surface area (Å²) >= 11 is 2.75. The first-order valence-corrected chi connectivity index (χ1v) is 14.4. The van der Waals surface area contributed by atoms with Gasteiger partial charge in [0, 0.05) is 17.8 Å². The maximum absolute atomic E-state index is 12.7. The molecule has 0 aromatic carbocycles. The van der Waals surface area contributed by atoms with Crippen molar-refractivity contribution in [3.8, 4) is 0 Å². The highest BCUT2D eigenvalue weighted by Crippen LogP contribution is 2.61. The van der Waals surface area contributed by atoms with Gasteiger partial charge < -0.3 is 14.6 Å². The summed E-state index contributed by atoms with van der Waals surface area (Å²) in [5.74, 6) is 3.30. The highest BCUT2D eigenvalue weighted by atomic mass is 32.2. The third-order valence-electron chi connectivity index (χ3n) is 7.74. The van der Waals surface area contributed by atoms with Crippen LogP contribution in [0.15, 0.2) is 23.9 Å². The molecule has 188 valence electrons. The minimum Gasteiger partial charge on any atom is -0.462 e. The van der Waals surface area contributed by atoms with E-state index < -0.39 is 5.97 Å². The molecule has 0 saturated heterocycles. The molecular weight excluding hydrogens is 480 g/mol. The third-order valence-corrected chi connectivity index (χ3v) is 9.67. The molecule has 9 heteroatoms. The van der Waals surface area contributed by atoms with Crippen molar-refractivity contribution >= 4 is 40.0 Å². The summed E-state index contributed by atoms with van der Waals surface area (Å²) < 4.78 is 7.25. The highest BCUT2D eigenvalue weighted by Gasteiger charge is 2.51. The highest BCUT2D eigenvalue weighted by molar-refractivity contribution is 7.99. The summed E-state index contributed by atoms with van der Waals surface area (Å²) in [5, 5.41) is 13.2. The lowest BCUT2D eigenvalue weighted by Crippen LogP contribution is -2.47. The van der Waals surface area contributed by atoms with E-state index in [0.29, 0.717) is 29.1 Å². The van der Waals surface area contributed by atoms with E-state index >= 15 is 0 Å². The van der Waals surface area contributed by atoms with E-state index in [4.69, 9.17) is 4.74 Å². The van der Waals surface area contributed by atoms with Gasteiger partial charge in [0.1, 0.15) is 10.8 Å². The number of esters is 1. The van der Waals surface area contributed by atoms with Gasteiger partial charge in [-0.2, -0.15) is 0 Å². The smallest absolute Gasteiger partial charge is 0.341 e. The SMILES string of the molecule is C=CCn1c(CC23CC4CC(CC(C4)C2)C3)nnc1SCC(=O)Nc1sc(C)cc1C(=O)OCC. The maximum atomic E-state index is 12.7. The van der Waals surface area contributed by atoms with E-state index in [-0.39, 0.29) is 11.7 Å². The predicted molar refractivity (Wildman–Crippen MR) is 139 cm³/mol. The van der Waals surface area contributed by atoms with Crippen molar-refractivity contribution in [2.75, 3.05) is 17.7 Å². The maximum Gasteiger partial charge on any atom is 0.341 e. The van der Waals surface area contributed by atoms with Crippen LogP contribution in [0.5, 0.6) is 0 Å². The van der Waals surface area contributed by atoms with Crippen LogP contribution in [-0.2, 0) is 22.5 Å². The average Bonchev–Trinajstić information content (AvgIpc) is 3.34. The number of rotatable bonds is 10. The standard InChI is InChI=1S/C26H34N4O3S2/c1-4-6-30-21(14-26-11-17-8-18(12-26)10-19(9-17)13-26)28-29-25(30)34-15-22(31)27-23-20(7-16(3)35-23)24(32)33-5-2/h4,7,17-19H,1,5-6,8-15H2,2-3H3,(H,27,31). The van der Waals surface area contributed by atoms with E-state index in [1.807, 2.05) is 13.0 Å². The van der Waals surface area contributed by atoms with Gasteiger partial charge in [-0.3, -0.25) is 4.79 Å². The Morgan fingerprint density at radius 2 is 1.94 bits per heavy atom. The lowest BCUT2D eigenvalue weighted by atomic mass is 9.49. The van der Waals surface area contributed by atoms with Crippen LogP contribution < -0.4 is 5.32 Å². The van der Waals surface area contributed by atoms with Crippen molar-refractivity contribution in [1.82, 2.24) is 14.8 Å². The Morgan fingerprint density at radius 1 is 1.26 bits per heavy atom. The fraction of sp³-hybridized carbons (Fsp3) is 0.615. The van der Waals surface area contributed by atoms with Gasteiger partial charge in [-0.25, -0.2) is 4.79 Å². The molecule has 4 bridgehead atoms. The topological polar surface area (TPSA) is 86.1 Å². The summed E-state index contributed by atoms with van der Waals surface area (Å²) in [7, 11) is 0. The van der Waals surface area contributed by atoms with Crippen LogP contribution in [0, 0.1) is 30.1 Å². The van der Waals surface area contributed by atoms with E-state index in [0.717, 1.165) is 40.0 Å². The van der Waals surface area contributed by atoms with E-state index in [1.165, 1.54) is 61.6 Å². The molecule has 6 rings (SSSR count). The number of carbonyl (C=O) groups excluding carboxylic acids is 2. The Kier molecular flexibility index (Phi) is 7.08. The number of hydrogen-bond donors (Lipinski definition) is 1. The number of amides is 1. The number of thioether (sulfide) groups is 1. The second kappa shape index (κ2) is 10.1. The first-order valence-electron chi connectivity index (χ1n) is 12.6. The predicted octanol–water partition coefficient (Wildman–Crippen LogP) is 5.50. The Labute approximate surface area is 215 Å². The van der Waals surface area contributed by atoms with Gasteiger partial charge >= 0.3 is 5.97 Å². The summed E-state index contributed by atoms with van der Waals surface area (Å²) in [4.78, 5) is 25.9. The fourth-order valence-corrected chi connectivity index (χ4v) is 8.65. The Bertz CT molecular complexity index is 1090. The van der Waals surface area contributed by atoms with Crippen molar-refractivity contribution in [2.24, 2.45) is 23.2 Å². The number of carbonyl (C=O) groups is 2. The molecule has 4 aliphatic carbocycles. The molecule has 4 aliphatic rings. The van der Waals surface area contributed by atoms with E-state index in [2.05, 4.69) is 26.7 Å². The van der Waals surface area contributed by atoms with Gasteiger partial charge in [0.15, 0.2) is 5.16 Å². The number of allylic oxidation sites excluding steroid dienone is 1. The Balaban J connectivity index is 1.25. The molecule has 0 atom stereocenters. The number of nitrogens with one attached hydrogen (secondary N) is 1. The number of thiophene rings is 1. The first kappa shape index (κ1) is 24.6. The summed E-state index contributed by atoms with van der Waals surface area (Å²) in [6, 6.07) is 1.75. The molecule has 1 N–H and O–H groups in total. The minimum atomic E-state index is -0.417. The van der Waals surface area contributed by atoms with E-state index in [9.17, 15) is 9.59 Å². The molecule has 7 nitrogen and oxygen atoms in total. The van der Waals surface area contributed by atoms with Gasteiger partial charge in [0.2, 0.25) is 5.91 Å². The molecule has 2 aromatic rings. The molecule has 0 radical (unpaired) electrons. The number of aromatic nitrogens is 3.